The van der Waals surface area contributed by atoms with Gasteiger partial charge in [0.2, 0.25) is 0 Å². The molecule has 1 aromatic carbocycles. The number of aliphatic hydroxyl groups is 1. The summed E-state index contributed by atoms with van der Waals surface area (Å²) < 4.78 is 0. The lowest BCUT2D eigenvalue weighted by molar-refractivity contribution is -0.117. The highest BCUT2D eigenvalue weighted by Crippen LogP contribution is 2.48. The van der Waals surface area contributed by atoms with Crippen LogP contribution in [-0.2, 0) is 4.79 Å². The van der Waals surface area contributed by atoms with Crippen LogP contribution >= 0.6 is 0 Å². The van der Waals surface area contributed by atoms with Gasteiger partial charge in [-0.05, 0) is 50.3 Å². The van der Waals surface area contributed by atoms with Crippen molar-refractivity contribution in [2.24, 2.45) is 11.8 Å². The maximum absolute atomic E-state index is 12.6. The van der Waals surface area contributed by atoms with Crippen molar-refractivity contribution in [1.82, 2.24) is 0 Å². The Morgan fingerprint density at radius 1 is 1.05 bits per heavy atom. The third-order valence-corrected chi connectivity index (χ3v) is 4.63. The Morgan fingerprint density at radius 3 is 2.21 bits per heavy atom. The summed E-state index contributed by atoms with van der Waals surface area (Å²) >= 11 is 0. The third-order valence-electron chi connectivity index (χ3n) is 4.63. The minimum absolute atomic E-state index is 0.0371. The number of ketones is 1. The van der Waals surface area contributed by atoms with E-state index in [0.717, 1.165) is 36.0 Å². The van der Waals surface area contributed by atoms with Crippen molar-refractivity contribution in [1.29, 1.82) is 0 Å². The van der Waals surface area contributed by atoms with Crippen molar-refractivity contribution in [2.75, 3.05) is 0 Å². The van der Waals surface area contributed by atoms with Crippen LogP contribution in [0.1, 0.15) is 41.5 Å². The zero-order valence-corrected chi connectivity index (χ0v) is 11.8. The van der Waals surface area contributed by atoms with Gasteiger partial charge in [0.1, 0.15) is 5.76 Å². The van der Waals surface area contributed by atoms with Crippen LogP contribution in [0.5, 0.6) is 0 Å². The maximum atomic E-state index is 12.6. The Kier molecular flexibility index (Phi) is 2.77. The summed E-state index contributed by atoms with van der Waals surface area (Å²) in [5.74, 6) is 0.635. The van der Waals surface area contributed by atoms with Gasteiger partial charge in [0, 0.05) is 11.8 Å². The number of fused-ring (bicyclic) bond motifs is 1. The Bertz CT molecular complexity index is 572. The first-order valence-electron chi connectivity index (χ1n) is 7.06. The molecular formula is C17H20O2. The predicted molar refractivity (Wildman–Crippen MR) is 76.0 cm³/mol. The lowest BCUT2D eigenvalue weighted by Gasteiger charge is -2.13. The Morgan fingerprint density at radius 2 is 1.63 bits per heavy atom. The molecule has 0 aromatic heterocycles. The van der Waals surface area contributed by atoms with Crippen LogP contribution in [0.4, 0.5) is 0 Å². The van der Waals surface area contributed by atoms with E-state index in [1.54, 1.807) is 0 Å². The van der Waals surface area contributed by atoms with Gasteiger partial charge in [-0.25, -0.2) is 0 Å². The topological polar surface area (TPSA) is 37.3 Å². The van der Waals surface area contributed by atoms with Crippen molar-refractivity contribution in [3.8, 4) is 0 Å². The summed E-state index contributed by atoms with van der Waals surface area (Å²) in [5, 5.41) is 10.5. The summed E-state index contributed by atoms with van der Waals surface area (Å²) in [5.41, 5.74) is 4.94. The first-order chi connectivity index (χ1) is 9.00. The quantitative estimate of drug-likeness (QED) is 0.828. The Hall–Kier alpha value is -1.57. The van der Waals surface area contributed by atoms with Crippen molar-refractivity contribution in [3.63, 3.8) is 0 Å². The zero-order valence-electron chi connectivity index (χ0n) is 11.8. The van der Waals surface area contributed by atoms with Gasteiger partial charge in [-0.2, -0.15) is 0 Å². The first kappa shape index (κ1) is 12.5. The van der Waals surface area contributed by atoms with E-state index in [1.807, 2.05) is 13.8 Å². The third kappa shape index (κ3) is 1.73. The molecule has 0 spiro atoms. The fraction of sp³-hybridized carbons (Fsp3) is 0.471. The van der Waals surface area contributed by atoms with Crippen LogP contribution in [0, 0.1) is 32.6 Å². The molecule has 2 heteroatoms. The fourth-order valence-corrected chi connectivity index (χ4v) is 3.92. The highest BCUT2D eigenvalue weighted by atomic mass is 16.3. The number of aliphatic hydroxyl groups excluding tert-OH is 1. The van der Waals surface area contributed by atoms with Gasteiger partial charge in [-0.1, -0.05) is 24.1 Å². The molecule has 1 aromatic rings. The number of benzene rings is 1. The van der Waals surface area contributed by atoms with Crippen LogP contribution in [-0.4, -0.2) is 10.9 Å². The normalized spacial score (nSPS) is 26.2. The minimum atomic E-state index is 0.0371. The van der Waals surface area contributed by atoms with Crippen molar-refractivity contribution < 1.29 is 9.90 Å². The lowest BCUT2D eigenvalue weighted by Crippen LogP contribution is -2.12. The molecule has 2 aliphatic carbocycles. The van der Waals surface area contributed by atoms with Crippen molar-refractivity contribution in [3.05, 3.63) is 40.1 Å². The van der Waals surface area contributed by atoms with Gasteiger partial charge in [-0.3, -0.25) is 4.79 Å². The van der Waals surface area contributed by atoms with E-state index in [2.05, 4.69) is 19.1 Å². The summed E-state index contributed by atoms with van der Waals surface area (Å²) in [7, 11) is 0. The standard InChI is InChI=1S/C17H20O2/c1-9-7-10(2)14(11(3)8-9)15-16(18)12-5-4-6-13(12)17(15)19/h7-8,12-13,18H,4-6H2,1-3H3. The van der Waals surface area contributed by atoms with E-state index in [9.17, 15) is 9.90 Å². The molecule has 0 heterocycles. The number of carbonyl (C=O) groups is 1. The molecule has 2 aliphatic rings. The number of carbonyl (C=O) groups excluding carboxylic acids is 1. The number of hydrogen-bond donors (Lipinski definition) is 1. The second-order valence-corrected chi connectivity index (χ2v) is 6.04. The van der Waals surface area contributed by atoms with Gasteiger partial charge in [0.25, 0.3) is 0 Å². The van der Waals surface area contributed by atoms with Gasteiger partial charge in [0.05, 0.1) is 5.57 Å². The van der Waals surface area contributed by atoms with Crippen LogP contribution in [0.25, 0.3) is 5.57 Å². The molecule has 2 nitrogen and oxygen atoms in total. The molecule has 0 radical (unpaired) electrons. The molecule has 0 bridgehead atoms. The van der Waals surface area contributed by atoms with E-state index in [4.69, 9.17) is 0 Å². The Labute approximate surface area is 114 Å². The van der Waals surface area contributed by atoms with Crippen molar-refractivity contribution >= 4 is 11.4 Å². The number of hydrogen-bond acceptors (Lipinski definition) is 2. The second kappa shape index (κ2) is 4.22. The number of rotatable bonds is 1. The molecule has 1 N–H and O–H groups in total. The molecule has 0 saturated heterocycles. The number of allylic oxidation sites excluding steroid dienone is 2. The zero-order chi connectivity index (χ0) is 13.7. The number of aryl methyl sites for hydroxylation is 3. The molecule has 3 rings (SSSR count). The fourth-order valence-electron chi connectivity index (χ4n) is 3.92. The predicted octanol–water partition coefficient (Wildman–Crippen LogP) is 3.88. The van der Waals surface area contributed by atoms with Gasteiger partial charge in [0.15, 0.2) is 5.78 Å². The molecule has 100 valence electrons. The molecule has 2 atom stereocenters. The summed E-state index contributed by atoms with van der Waals surface area (Å²) in [6.45, 7) is 6.11. The highest BCUT2D eigenvalue weighted by Gasteiger charge is 2.45. The van der Waals surface area contributed by atoms with E-state index in [0.29, 0.717) is 11.3 Å². The molecular weight excluding hydrogens is 236 g/mol. The highest BCUT2D eigenvalue weighted by molar-refractivity contribution is 6.25. The monoisotopic (exact) mass is 256 g/mol. The summed E-state index contributed by atoms with van der Waals surface area (Å²) in [6.07, 6.45) is 2.95. The minimum Gasteiger partial charge on any atom is -0.511 e. The van der Waals surface area contributed by atoms with E-state index in [1.165, 1.54) is 5.56 Å². The molecule has 1 saturated carbocycles. The van der Waals surface area contributed by atoms with Gasteiger partial charge in [-0.15, -0.1) is 0 Å². The first-order valence-corrected chi connectivity index (χ1v) is 7.06. The molecule has 19 heavy (non-hydrogen) atoms. The van der Waals surface area contributed by atoms with E-state index >= 15 is 0 Å². The SMILES string of the molecule is Cc1cc(C)c(C2=C(O)C3CCCC3C2=O)c(C)c1. The van der Waals surface area contributed by atoms with Gasteiger partial charge >= 0.3 is 0 Å². The molecule has 1 fully saturated rings. The van der Waals surface area contributed by atoms with Gasteiger partial charge < -0.3 is 5.11 Å². The summed E-state index contributed by atoms with van der Waals surface area (Å²) in [4.78, 5) is 12.6. The molecule has 0 amide bonds. The second-order valence-electron chi connectivity index (χ2n) is 6.04. The maximum Gasteiger partial charge on any atom is 0.170 e. The average molecular weight is 256 g/mol. The summed E-state index contributed by atoms with van der Waals surface area (Å²) in [6, 6.07) is 4.17. The van der Waals surface area contributed by atoms with E-state index in [-0.39, 0.29) is 17.6 Å². The van der Waals surface area contributed by atoms with Crippen LogP contribution in [0.3, 0.4) is 0 Å². The van der Waals surface area contributed by atoms with Crippen LogP contribution < -0.4 is 0 Å². The average Bonchev–Trinajstić information content (AvgIpc) is 2.87. The van der Waals surface area contributed by atoms with E-state index < -0.39 is 0 Å². The number of Topliss-reactive ketones (excluding diaryl/α,β-unsaturated/α-hetero) is 1. The Balaban J connectivity index is 2.17. The van der Waals surface area contributed by atoms with Crippen LogP contribution in [0.2, 0.25) is 0 Å². The molecule has 2 unspecified atom stereocenters. The smallest absolute Gasteiger partial charge is 0.170 e. The lowest BCUT2D eigenvalue weighted by atomic mass is 9.90. The van der Waals surface area contributed by atoms with Crippen molar-refractivity contribution in [2.45, 2.75) is 40.0 Å². The molecule has 0 aliphatic heterocycles. The van der Waals surface area contributed by atoms with Crippen LogP contribution in [0.15, 0.2) is 17.9 Å². The largest absolute Gasteiger partial charge is 0.511 e.